The van der Waals surface area contributed by atoms with E-state index in [4.69, 9.17) is 4.42 Å². The van der Waals surface area contributed by atoms with E-state index in [0.717, 1.165) is 57.5 Å². The second kappa shape index (κ2) is 15.8. The Labute approximate surface area is 413 Å². The van der Waals surface area contributed by atoms with Crippen LogP contribution in [0.4, 0.5) is 51.2 Å². The number of benzene rings is 7. The quantitative estimate of drug-likeness (QED) is 0.160. The van der Waals surface area contributed by atoms with Gasteiger partial charge in [-0.15, -0.1) is 0 Å². The number of hydrogen-bond acceptors (Lipinski definition) is 5. The highest BCUT2D eigenvalue weighted by atomic mass is 32.1. The van der Waals surface area contributed by atoms with Crippen LogP contribution in [0, 0.1) is 6.92 Å². The Hall–Kier alpha value is -6.50. The average Bonchev–Trinajstić information content (AvgIpc) is 3.90. The molecule has 12 rings (SSSR count). The lowest BCUT2D eigenvalue weighted by Crippen LogP contribution is -2.60. The number of furan rings is 1. The number of aryl methyl sites for hydroxylation is 2. The molecule has 3 aliphatic rings. The van der Waals surface area contributed by atoms with Crippen molar-refractivity contribution in [1.82, 2.24) is 0 Å². The standard InChI is InChI=1S/C63H62BN3OS/c1-39-36-53-56-54(37-39)67(51-24-17-22-47-46-21-16-23-49(63(8,9)10)58(46)68-59(47)51)52-38-45(65(43-30-26-40(27-31-43)61(2,3)4)44-32-28-41(29-33-44)62(5,6)7)34-35-50(52)64(56)60-57(48-20-14-15-25-55(48)69-60)66(53)42-18-12-11-13-19-42/h11-13,16-19,21-24,26-38H,14-15,20,25H2,1-10H3. The molecule has 9 aromatic rings. The van der Waals surface area contributed by atoms with Gasteiger partial charge in [-0.05, 0) is 149 Å². The average molecular weight is 920 g/mol. The Morgan fingerprint density at radius 3 is 1.77 bits per heavy atom. The molecule has 0 saturated carbocycles. The van der Waals surface area contributed by atoms with Crippen molar-refractivity contribution in [3.8, 4) is 0 Å². The van der Waals surface area contributed by atoms with Gasteiger partial charge in [0.15, 0.2) is 5.58 Å². The summed E-state index contributed by atoms with van der Waals surface area (Å²) < 4.78 is 8.75. The third kappa shape index (κ3) is 7.07. The van der Waals surface area contributed by atoms with Gasteiger partial charge in [0.2, 0.25) is 0 Å². The summed E-state index contributed by atoms with van der Waals surface area (Å²) in [4.78, 5) is 9.20. The molecule has 0 N–H and O–H groups in total. The summed E-state index contributed by atoms with van der Waals surface area (Å²) in [5, 5.41) is 2.29. The molecule has 69 heavy (non-hydrogen) atoms. The number of anilines is 9. The van der Waals surface area contributed by atoms with Gasteiger partial charge in [-0.1, -0.05) is 141 Å². The topological polar surface area (TPSA) is 22.9 Å². The minimum absolute atomic E-state index is 0.0374. The Balaban J connectivity index is 1.16. The molecule has 0 unspecified atom stereocenters. The second-order valence-electron chi connectivity index (χ2n) is 22.9. The fourth-order valence-electron chi connectivity index (χ4n) is 11.6. The van der Waals surface area contributed by atoms with E-state index in [-0.39, 0.29) is 23.0 Å². The van der Waals surface area contributed by atoms with E-state index in [9.17, 15) is 0 Å². The molecule has 2 aromatic heterocycles. The van der Waals surface area contributed by atoms with Gasteiger partial charge in [-0.3, -0.25) is 0 Å². The maximum Gasteiger partial charge on any atom is 0.264 e. The first kappa shape index (κ1) is 43.8. The van der Waals surface area contributed by atoms with Gasteiger partial charge < -0.3 is 19.1 Å². The molecule has 7 aromatic carbocycles. The van der Waals surface area contributed by atoms with Crippen molar-refractivity contribution in [3.05, 3.63) is 178 Å². The van der Waals surface area contributed by atoms with E-state index in [1.807, 2.05) is 0 Å². The van der Waals surface area contributed by atoms with E-state index in [1.165, 1.54) is 79.2 Å². The van der Waals surface area contributed by atoms with E-state index in [2.05, 4.69) is 241 Å². The van der Waals surface area contributed by atoms with Gasteiger partial charge in [0, 0.05) is 65.8 Å². The van der Waals surface area contributed by atoms with Crippen LogP contribution in [0.15, 0.2) is 150 Å². The summed E-state index contributed by atoms with van der Waals surface area (Å²) in [5.41, 5.74) is 21.8. The lowest BCUT2D eigenvalue weighted by molar-refractivity contribution is 0.573. The zero-order valence-electron chi connectivity index (χ0n) is 41.9. The third-order valence-corrected chi connectivity index (χ3v) is 16.4. The van der Waals surface area contributed by atoms with Crippen LogP contribution in [-0.2, 0) is 29.1 Å². The highest BCUT2D eigenvalue weighted by Crippen LogP contribution is 2.51. The van der Waals surface area contributed by atoms with Crippen molar-refractivity contribution >= 4 is 107 Å². The van der Waals surface area contributed by atoms with Crippen molar-refractivity contribution in [3.63, 3.8) is 0 Å². The maximum absolute atomic E-state index is 7.29. The van der Waals surface area contributed by atoms with Crippen LogP contribution in [0.1, 0.15) is 108 Å². The van der Waals surface area contributed by atoms with Gasteiger partial charge in [0.25, 0.3) is 6.71 Å². The Bertz CT molecular complexity index is 3410. The molecule has 0 bridgehead atoms. The molecule has 4 nitrogen and oxygen atoms in total. The SMILES string of the molecule is Cc1cc2c3c(c1)N(c1cccc4c1oc1c(C(C)(C)C)cccc14)c1cc(N(c4ccc(C(C)(C)C)cc4)c4ccc(C(C)(C)C)cc4)ccc1B3c1sc3c(c1N2c1ccccc1)CCCC3. The van der Waals surface area contributed by atoms with Crippen LogP contribution in [0.25, 0.3) is 21.9 Å². The van der Waals surface area contributed by atoms with E-state index in [0.29, 0.717) is 0 Å². The molecule has 0 amide bonds. The number of hydrogen-bond donors (Lipinski definition) is 0. The summed E-state index contributed by atoms with van der Waals surface area (Å²) in [5.74, 6) is 0. The van der Waals surface area contributed by atoms with Crippen molar-refractivity contribution in [2.24, 2.45) is 0 Å². The van der Waals surface area contributed by atoms with Gasteiger partial charge in [-0.2, -0.15) is 11.3 Å². The first-order chi connectivity index (χ1) is 33.0. The smallest absolute Gasteiger partial charge is 0.264 e. The summed E-state index contributed by atoms with van der Waals surface area (Å²) in [6, 6.07) is 55.3. The third-order valence-electron chi connectivity index (χ3n) is 15.1. The fourth-order valence-corrected chi connectivity index (χ4v) is 13.1. The zero-order valence-corrected chi connectivity index (χ0v) is 42.7. The van der Waals surface area contributed by atoms with E-state index >= 15 is 0 Å². The van der Waals surface area contributed by atoms with Crippen molar-refractivity contribution in [2.75, 3.05) is 14.7 Å². The Morgan fingerprint density at radius 1 is 0.536 bits per heavy atom. The molecule has 344 valence electrons. The number of rotatable bonds is 5. The summed E-state index contributed by atoms with van der Waals surface area (Å²) in [7, 11) is 0. The van der Waals surface area contributed by atoms with Crippen LogP contribution in [-0.4, -0.2) is 6.71 Å². The lowest BCUT2D eigenvalue weighted by atomic mass is 9.36. The van der Waals surface area contributed by atoms with Gasteiger partial charge >= 0.3 is 0 Å². The fraction of sp³-hybridized carbons (Fsp3) is 0.270. The van der Waals surface area contributed by atoms with Crippen LogP contribution in [0.3, 0.4) is 0 Å². The predicted molar refractivity (Wildman–Crippen MR) is 298 cm³/mol. The largest absolute Gasteiger partial charge is 0.454 e. The Morgan fingerprint density at radius 2 is 1.13 bits per heavy atom. The Kier molecular flexibility index (Phi) is 10.00. The minimum Gasteiger partial charge on any atom is -0.454 e. The molecule has 0 radical (unpaired) electrons. The van der Waals surface area contributed by atoms with Gasteiger partial charge in [0.1, 0.15) is 5.58 Å². The number of nitrogens with zero attached hydrogens (tertiary/aromatic N) is 3. The highest BCUT2D eigenvalue weighted by molar-refractivity contribution is 7.29. The van der Waals surface area contributed by atoms with Crippen LogP contribution in [0.5, 0.6) is 0 Å². The van der Waals surface area contributed by atoms with Crippen molar-refractivity contribution < 1.29 is 4.42 Å². The highest BCUT2D eigenvalue weighted by Gasteiger charge is 2.47. The number of thiophene rings is 1. The maximum atomic E-state index is 7.29. The second-order valence-corrected chi connectivity index (χ2v) is 24.1. The molecule has 4 heterocycles. The van der Waals surface area contributed by atoms with Crippen LogP contribution >= 0.6 is 11.3 Å². The molecule has 0 spiro atoms. The van der Waals surface area contributed by atoms with E-state index < -0.39 is 0 Å². The summed E-state index contributed by atoms with van der Waals surface area (Å²) >= 11 is 2.07. The summed E-state index contributed by atoms with van der Waals surface area (Å²) in [6.07, 6.45) is 4.73. The van der Waals surface area contributed by atoms with E-state index in [1.54, 1.807) is 10.4 Å². The first-order valence-electron chi connectivity index (χ1n) is 25.1. The zero-order chi connectivity index (χ0) is 47.7. The molecule has 0 atom stereocenters. The molecular weight excluding hydrogens is 858 g/mol. The summed E-state index contributed by atoms with van der Waals surface area (Å²) in [6.45, 7) is 22.9. The molecule has 2 aliphatic heterocycles. The molecule has 1 aliphatic carbocycles. The van der Waals surface area contributed by atoms with Crippen molar-refractivity contribution in [2.45, 2.75) is 111 Å². The lowest BCUT2D eigenvalue weighted by Gasteiger charge is -2.44. The molecule has 6 heteroatoms. The van der Waals surface area contributed by atoms with Gasteiger partial charge in [0.05, 0.1) is 11.4 Å². The normalized spacial score (nSPS) is 14.5. The van der Waals surface area contributed by atoms with Crippen molar-refractivity contribution in [1.29, 1.82) is 0 Å². The monoisotopic (exact) mass is 919 g/mol. The van der Waals surface area contributed by atoms with Gasteiger partial charge in [-0.25, -0.2) is 0 Å². The molecule has 0 saturated heterocycles. The molecule has 0 fully saturated rings. The minimum atomic E-state index is -0.0961. The van der Waals surface area contributed by atoms with Crippen LogP contribution < -0.4 is 30.4 Å². The van der Waals surface area contributed by atoms with Crippen LogP contribution in [0.2, 0.25) is 0 Å². The number of fused-ring (bicyclic) bond motifs is 9. The number of para-hydroxylation sites is 3. The predicted octanol–water partition coefficient (Wildman–Crippen LogP) is 16.3. The molecular formula is C63H62BN3OS. The first-order valence-corrected chi connectivity index (χ1v) is 25.9.